The Bertz CT molecular complexity index is 1200. The summed E-state index contributed by atoms with van der Waals surface area (Å²) in [4.78, 5) is 18.6. The first-order chi connectivity index (χ1) is 16.0. The zero-order valence-electron chi connectivity index (χ0n) is 18.9. The maximum atomic E-state index is 11.5. The van der Waals surface area contributed by atoms with Gasteiger partial charge in [-0.3, -0.25) is 4.98 Å². The van der Waals surface area contributed by atoms with E-state index in [-0.39, 0.29) is 17.6 Å². The summed E-state index contributed by atoms with van der Waals surface area (Å²) in [6.07, 6.45) is 6.58. The Balaban J connectivity index is 1.63. The molecule has 1 saturated heterocycles. The van der Waals surface area contributed by atoms with Crippen molar-refractivity contribution in [3.05, 3.63) is 82.9 Å². The van der Waals surface area contributed by atoms with E-state index in [2.05, 4.69) is 45.7 Å². The summed E-state index contributed by atoms with van der Waals surface area (Å²) in [6.45, 7) is 4.18. The van der Waals surface area contributed by atoms with E-state index in [1.54, 1.807) is 18.2 Å². The fourth-order valence-corrected chi connectivity index (χ4v) is 5.93. The van der Waals surface area contributed by atoms with E-state index in [0.717, 1.165) is 40.7 Å². The third-order valence-electron chi connectivity index (χ3n) is 6.99. The molecule has 2 aromatic heterocycles. The first-order valence-electron chi connectivity index (χ1n) is 11.5. The first kappa shape index (κ1) is 21.6. The number of aromatic nitrogens is 2. The fraction of sp³-hybridized carbons (Fsp3) is 0.346. The summed E-state index contributed by atoms with van der Waals surface area (Å²) in [6, 6.07) is 15.7. The number of carboxylic acid groups (broad SMARTS) is 1. The summed E-state index contributed by atoms with van der Waals surface area (Å²) in [5.41, 5.74) is 5.46. The molecule has 6 nitrogen and oxygen atoms in total. The van der Waals surface area contributed by atoms with Gasteiger partial charge in [-0.15, -0.1) is 0 Å². The lowest BCUT2D eigenvalue weighted by Gasteiger charge is -2.33. The van der Waals surface area contributed by atoms with Crippen molar-refractivity contribution in [2.45, 2.75) is 57.7 Å². The van der Waals surface area contributed by atoms with Gasteiger partial charge >= 0.3 is 5.97 Å². The van der Waals surface area contributed by atoms with E-state index < -0.39 is 5.97 Å². The van der Waals surface area contributed by atoms with Gasteiger partial charge < -0.3 is 19.9 Å². The summed E-state index contributed by atoms with van der Waals surface area (Å²) in [7, 11) is 0. The Labute approximate surface area is 199 Å². The van der Waals surface area contributed by atoms with E-state index in [9.17, 15) is 9.90 Å². The monoisotopic (exact) mass is 460 g/mol. The maximum Gasteiger partial charge on any atom is 0.335 e. The molecule has 33 heavy (non-hydrogen) atoms. The van der Waals surface area contributed by atoms with Crippen LogP contribution in [0.4, 0.5) is 0 Å². The second kappa shape index (κ2) is 8.63. The van der Waals surface area contributed by atoms with Crippen molar-refractivity contribution in [1.82, 2.24) is 19.8 Å². The zero-order valence-corrected chi connectivity index (χ0v) is 19.7. The molecule has 1 aliphatic carbocycles. The fourth-order valence-electron chi connectivity index (χ4n) is 5.54. The summed E-state index contributed by atoms with van der Waals surface area (Å²) < 4.78 is 2.14. The zero-order chi connectivity index (χ0) is 23.1. The van der Waals surface area contributed by atoms with Crippen molar-refractivity contribution < 1.29 is 9.90 Å². The number of benzene rings is 1. The molecule has 2 atom stereocenters. The minimum absolute atomic E-state index is 0.0260. The van der Waals surface area contributed by atoms with Gasteiger partial charge in [0.25, 0.3) is 0 Å². The highest BCUT2D eigenvalue weighted by Crippen LogP contribution is 2.44. The van der Waals surface area contributed by atoms with Gasteiger partial charge in [0.15, 0.2) is 5.11 Å². The number of hydrogen-bond donors (Lipinski definition) is 2. The number of thiocarbonyl (C=S) groups is 1. The lowest BCUT2D eigenvalue weighted by molar-refractivity contribution is 0.0697. The standard InChI is InChI=1S/C26H28N4O2S/c1-16-14-21(17(2)29(16)20-11-7-8-18(15-20)25(31)32)24-23(22-12-5-6-13-27-22)28-26(33)30(24)19-9-3-4-10-19/h5-8,11-15,19,23-24H,3-4,9-10H2,1-2H3,(H,28,33)(H,31,32)/t23-,24+/m0/s1. The summed E-state index contributed by atoms with van der Waals surface area (Å²) in [5, 5.41) is 13.8. The van der Waals surface area contributed by atoms with Crippen LogP contribution < -0.4 is 5.32 Å². The van der Waals surface area contributed by atoms with E-state index in [1.807, 2.05) is 24.4 Å². The molecule has 0 unspecified atom stereocenters. The van der Waals surface area contributed by atoms with E-state index in [0.29, 0.717) is 6.04 Å². The maximum absolute atomic E-state index is 11.5. The second-order valence-electron chi connectivity index (χ2n) is 8.99. The number of carbonyl (C=O) groups is 1. The van der Waals surface area contributed by atoms with Gasteiger partial charge in [0, 0.05) is 29.3 Å². The smallest absolute Gasteiger partial charge is 0.335 e. The molecule has 3 aromatic rings. The number of hydrogen-bond acceptors (Lipinski definition) is 3. The van der Waals surface area contributed by atoms with Crippen molar-refractivity contribution in [3.63, 3.8) is 0 Å². The third kappa shape index (κ3) is 3.80. The molecule has 1 saturated carbocycles. The molecule has 2 N–H and O–H groups in total. The largest absolute Gasteiger partial charge is 0.478 e. The van der Waals surface area contributed by atoms with Gasteiger partial charge in [-0.2, -0.15) is 0 Å². The number of aromatic carboxylic acids is 1. The third-order valence-corrected chi connectivity index (χ3v) is 7.32. The van der Waals surface area contributed by atoms with Crippen molar-refractivity contribution in [1.29, 1.82) is 0 Å². The van der Waals surface area contributed by atoms with Crippen LogP contribution in [-0.2, 0) is 0 Å². The number of aryl methyl sites for hydroxylation is 1. The van der Waals surface area contributed by atoms with Crippen LogP contribution in [0, 0.1) is 13.8 Å². The number of nitrogens with zero attached hydrogens (tertiary/aromatic N) is 3. The molecule has 1 aliphatic heterocycles. The minimum Gasteiger partial charge on any atom is -0.478 e. The van der Waals surface area contributed by atoms with Crippen LogP contribution in [0.1, 0.15) is 70.8 Å². The Morgan fingerprint density at radius 2 is 1.91 bits per heavy atom. The average molecular weight is 461 g/mol. The normalized spacial score (nSPS) is 20.9. The topological polar surface area (TPSA) is 70.4 Å². The number of pyridine rings is 1. The highest BCUT2D eigenvalue weighted by Gasteiger charge is 2.44. The van der Waals surface area contributed by atoms with Crippen LogP contribution in [0.2, 0.25) is 0 Å². The molecule has 2 aliphatic rings. The van der Waals surface area contributed by atoms with Gasteiger partial charge in [0.1, 0.15) is 0 Å². The van der Waals surface area contributed by atoms with Gasteiger partial charge in [-0.05, 0) is 80.9 Å². The Hall–Kier alpha value is -3.19. The van der Waals surface area contributed by atoms with E-state index >= 15 is 0 Å². The molecule has 7 heteroatoms. The molecule has 0 bridgehead atoms. The Morgan fingerprint density at radius 3 is 2.61 bits per heavy atom. The summed E-state index contributed by atoms with van der Waals surface area (Å²) in [5.74, 6) is -0.924. The predicted molar refractivity (Wildman–Crippen MR) is 132 cm³/mol. The molecule has 0 spiro atoms. The Kier molecular flexibility index (Phi) is 5.66. The number of carboxylic acids is 1. The van der Waals surface area contributed by atoms with Crippen LogP contribution in [0.3, 0.4) is 0 Å². The molecular weight excluding hydrogens is 432 g/mol. The van der Waals surface area contributed by atoms with E-state index in [1.165, 1.54) is 18.4 Å². The van der Waals surface area contributed by atoms with Gasteiger partial charge in [0.05, 0.1) is 23.3 Å². The van der Waals surface area contributed by atoms with Gasteiger partial charge in [0.2, 0.25) is 0 Å². The minimum atomic E-state index is -0.924. The first-order valence-corrected chi connectivity index (χ1v) is 11.9. The van der Waals surface area contributed by atoms with Crippen LogP contribution in [0.15, 0.2) is 54.7 Å². The molecule has 1 aromatic carbocycles. The molecule has 0 radical (unpaired) electrons. The quantitative estimate of drug-likeness (QED) is 0.516. The SMILES string of the molecule is Cc1cc([C@@H]2[C@H](c3ccccn3)NC(=S)N2C2CCCC2)c(C)n1-c1cccc(C(=O)O)c1. The van der Waals surface area contributed by atoms with Crippen molar-refractivity contribution >= 4 is 23.3 Å². The summed E-state index contributed by atoms with van der Waals surface area (Å²) >= 11 is 5.87. The van der Waals surface area contributed by atoms with Crippen molar-refractivity contribution in [2.75, 3.05) is 0 Å². The van der Waals surface area contributed by atoms with Crippen molar-refractivity contribution in [2.24, 2.45) is 0 Å². The van der Waals surface area contributed by atoms with Gasteiger partial charge in [-0.25, -0.2) is 4.79 Å². The molecule has 3 heterocycles. The molecule has 2 fully saturated rings. The molecule has 5 rings (SSSR count). The van der Waals surface area contributed by atoms with Crippen LogP contribution in [0.25, 0.3) is 5.69 Å². The molecular formula is C26H28N4O2S. The van der Waals surface area contributed by atoms with Crippen molar-refractivity contribution in [3.8, 4) is 5.69 Å². The predicted octanol–water partition coefficient (Wildman–Crippen LogP) is 5.10. The molecule has 0 amide bonds. The lowest BCUT2D eigenvalue weighted by Crippen LogP contribution is -2.37. The number of rotatable bonds is 5. The van der Waals surface area contributed by atoms with E-state index in [4.69, 9.17) is 12.2 Å². The van der Waals surface area contributed by atoms with Gasteiger partial charge in [-0.1, -0.05) is 25.0 Å². The molecule has 170 valence electrons. The average Bonchev–Trinajstić information content (AvgIpc) is 3.52. The Morgan fingerprint density at radius 1 is 1.12 bits per heavy atom. The second-order valence-corrected chi connectivity index (χ2v) is 9.38. The highest BCUT2D eigenvalue weighted by atomic mass is 32.1. The number of nitrogens with one attached hydrogen (secondary N) is 1. The lowest BCUT2D eigenvalue weighted by atomic mass is 9.95. The van der Waals surface area contributed by atoms with Crippen LogP contribution >= 0.6 is 12.2 Å². The highest BCUT2D eigenvalue weighted by molar-refractivity contribution is 7.80. The van der Waals surface area contributed by atoms with Crippen LogP contribution in [0.5, 0.6) is 0 Å². The van der Waals surface area contributed by atoms with Crippen LogP contribution in [-0.4, -0.2) is 36.7 Å².